The van der Waals surface area contributed by atoms with Crippen LogP contribution in [0.5, 0.6) is 11.5 Å². The molecule has 0 bridgehead atoms. The minimum absolute atomic E-state index is 0. The van der Waals surface area contributed by atoms with Crippen molar-refractivity contribution in [1.29, 1.82) is 0 Å². The van der Waals surface area contributed by atoms with Crippen LogP contribution in [0.1, 0.15) is 114 Å². The summed E-state index contributed by atoms with van der Waals surface area (Å²) >= 11 is 0. The van der Waals surface area contributed by atoms with Crippen LogP contribution in [0.15, 0.2) is 78.5 Å². The average molecular weight is 872 g/mol. The van der Waals surface area contributed by atoms with Gasteiger partial charge in [-0.05, 0) is 98.5 Å². The van der Waals surface area contributed by atoms with Gasteiger partial charge in [0.05, 0.1) is 5.69 Å². The van der Waals surface area contributed by atoms with Crippen LogP contribution in [0.25, 0.3) is 33.3 Å². The predicted molar refractivity (Wildman–Crippen MR) is 211 cm³/mol. The number of nitrogens with zero attached hydrogens (tertiary/aromatic N) is 4. The number of para-hydroxylation sites is 1. The maximum Gasteiger partial charge on any atom is 2.00 e. The molecule has 0 spiro atoms. The molecule has 3 aromatic heterocycles. The molecule has 5 nitrogen and oxygen atoms in total. The van der Waals surface area contributed by atoms with E-state index in [0.717, 1.165) is 65.7 Å². The molecule has 0 saturated heterocycles. The first-order valence-corrected chi connectivity index (χ1v) is 19.0. The van der Waals surface area contributed by atoms with E-state index in [-0.39, 0.29) is 21.1 Å². The maximum absolute atomic E-state index is 6.72. The second-order valence-corrected chi connectivity index (χ2v) is 15.4. The van der Waals surface area contributed by atoms with Crippen LogP contribution < -0.4 is 4.74 Å². The third-order valence-corrected chi connectivity index (χ3v) is 10.7. The standard InChI is InChI=1S/C46H52N4O.Pt/c1-9-13-34-22-23-47-44(24-34)49-41-17-11-10-16-39(41)40-20-19-37(28-43(40)49)51-38-26-35(30(4)5)25-36(27-38)50-42(21-18-29(2)3)46(33(8)48-50)45-31(6)14-12-15-32(45)7;/h10-11,14,16-17,19-20,22-26,29-30,32,45H,9,12-13,15,18,21H2,1-8H3;/q-2;+2/t32-,45?;/m0./s1. The largest absolute Gasteiger partial charge is 2.00 e. The molecule has 0 saturated carbocycles. The van der Waals surface area contributed by atoms with Gasteiger partial charge >= 0.3 is 21.1 Å². The summed E-state index contributed by atoms with van der Waals surface area (Å²) in [5, 5.41) is 7.56. The first-order valence-electron chi connectivity index (χ1n) is 19.0. The molecule has 52 heavy (non-hydrogen) atoms. The Morgan fingerprint density at radius 3 is 2.48 bits per heavy atom. The van der Waals surface area contributed by atoms with Gasteiger partial charge in [0, 0.05) is 40.4 Å². The Hall–Kier alpha value is -3.95. The summed E-state index contributed by atoms with van der Waals surface area (Å²) in [6.07, 6.45) is 10.9. The fourth-order valence-corrected chi connectivity index (χ4v) is 8.05. The molecule has 1 aliphatic rings. The van der Waals surface area contributed by atoms with Crippen LogP contribution >= 0.6 is 0 Å². The maximum atomic E-state index is 6.72. The number of ether oxygens (including phenoxy) is 1. The molecule has 7 rings (SSSR count). The molecule has 6 heteroatoms. The second-order valence-electron chi connectivity index (χ2n) is 15.4. The van der Waals surface area contributed by atoms with Gasteiger partial charge in [0.2, 0.25) is 0 Å². The van der Waals surface area contributed by atoms with Crippen molar-refractivity contribution in [3.8, 4) is 23.0 Å². The molecule has 0 aliphatic heterocycles. The Labute approximate surface area is 324 Å². The molecule has 3 heterocycles. The summed E-state index contributed by atoms with van der Waals surface area (Å²) in [5.41, 5.74) is 10.8. The Bertz CT molecular complexity index is 2220. The SMILES string of the molecule is CCCc1ccnc(-n2c3[c-]c(Oc4[c-]c(-n5nc(C)c(C6C(C)=CCC[C@@H]6C)c5CCC(C)C)cc(C(C)C)c4)ccc3c3ccccc32)c1.[Pt+2]. The summed E-state index contributed by atoms with van der Waals surface area (Å²) in [5.74, 6) is 4.08. The zero-order valence-electron chi connectivity index (χ0n) is 32.0. The normalized spacial score (nSPS) is 16.2. The fourth-order valence-electron chi connectivity index (χ4n) is 8.05. The number of rotatable bonds is 11. The van der Waals surface area contributed by atoms with Gasteiger partial charge in [0.15, 0.2) is 0 Å². The molecule has 1 aliphatic carbocycles. The van der Waals surface area contributed by atoms with E-state index >= 15 is 0 Å². The molecule has 0 fully saturated rings. The van der Waals surface area contributed by atoms with Crippen LogP contribution in [-0.2, 0) is 33.9 Å². The Balaban J connectivity index is 0.00000464. The van der Waals surface area contributed by atoms with Gasteiger partial charge in [-0.1, -0.05) is 83.3 Å². The third-order valence-electron chi connectivity index (χ3n) is 10.7. The monoisotopic (exact) mass is 871 g/mol. The van der Waals surface area contributed by atoms with Gasteiger partial charge in [0.25, 0.3) is 0 Å². The molecule has 272 valence electrons. The number of pyridine rings is 1. The van der Waals surface area contributed by atoms with E-state index in [2.05, 4.69) is 137 Å². The van der Waals surface area contributed by atoms with Crippen LogP contribution in [0.2, 0.25) is 0 Å². The summed E-state index contributed by atoms with van der Waals surface area (Å²) < 4.78 is 11.1. The van der Waals surface area contributed by atoms with E-state index < -0.39 is 0 Å². The van der Waals surface area contributed by atoms with E-state index in [9.17, 15) is 0 Å². The number of benzene rings is 3. The predicted octanol–water partition coefficient (Wildman–Crippen LogP) is 12.2. The van der Waals surface area contributed by atoms with Gasteiger partial charge in [0.1, 0.15) is 5.82 Å². The summed E-state index contributed by atoms with van der Waals surface area (Å²) in [6.45, 7) is 18.2. The molecule has 2 atom stereocenters. The van der Waals surface area contributed by atoms with E-state index in [1.165, 1.54) is 39.8 Å². The minimum atomic E-state index is 0. The molecule has 1 unspecified atom stereocenters. The molecule has 0 N–H and O–H groups in total. The van der Waals surface area contributed by atoms with E-state index in [4.69, 9.17) is 14.8 Å². The van der Waals surface area contributed by atoms with E-state index in [1.807, 2.05) is 12.3 Å². The fraction of sp³-hybridized carbons (Fsp3) is 0.391. The van der Waals surface area contributed by atoms with Crippen molar-refractivity contribution in [1.82, 2.24) is 19.3 Å². The van der Waals surface area contributed by atoms with Crippen molar-refractivity contribution in [3.05, 3.63) is 119 Å². The Kier molecular flexibility index (Phi) is 11.6. The third kappa shape index (κ3) is 7.44. The number of aromatic nitrogens is 4. The zero-order valence-corrected chi connectivity index (χ0v) is 34.3. The number of hydrogen-bond donors (Lipinski definition) is 0. The first-order chi connectivity index (χ1) is 24.6. The molecular formula is C46H52N4OPt. The van der Waals surface area contributed by atoms with Crippen molar-refractivity contribution >= 4 is 21.8 Å². The summed E-state index contributed by atoms with van der Waals surface area (Å²) in [7, 11) is 0. The van der Waals surface area contributed by atoms with Crippen molar-refractivity contribution in [3.63, 3.8) is 0 Å². The molecule has 6 aromatic rings. The molecule has 0 amide bonds. The molecular weight excluding hydrogens is 820 g/mol. The minimum Gasteiger partial charge on any atom is -0.509 e. The quantitative estimate of drug-likeness (QED) is 0.0962. The van der Waals surface area contributed by atoms with Gasteiger partial charge in [-0.15, -0.1) is 41.3 Å². The number of hydrogen-bond acceptors (Lipinski definition) is 3. The molecule has 3 aromatic carbocycles. The smallest absolute Gasteiger partial charge is 0.509 e. The van der Waals surface area contributed by atoms with Crippen molar-refractivity contribution in [2.45, 2.75) is 106 Å². The summed E-state index contributed by atoms with van der Waals surface area (Å²) in [6, 6.07) is 28.7. The van der Waals surface area contributed by atoms with E-state index in [0.29, 0.717) is 35.2 Å². The van der Waals surface area contributed by atoms with Gasteiger partial charge in [-0.2, -0.15) is 11.2 Å². The van der Waals surface area contributed by atoms with Crippen molar-refractivity contribution in [2.24, 2.45) is 11.8 Å². The first kappa shape index (κ1) is 37.8. The van der Waals surface area contributed by atoms with E-state index in [1.54, 1.807) is 0 Å². The van der Waals surface area contributed by atoms with Crippen LogP contribution in [-0.4, -0.2) is 19.3 Å². The Morgan fingerprint density at radius 2 is 1.73 bits per heavy atom. The van der Waals surface area contributed by atoms with Crippen LogP contribution in [0.3, 0.4) is 0 Å². The topological polar surface area (TPSA) is 44.9 Å². The Morgan fingerprint density at radius 1 is 0.923 bits per heavy atom. The van der Waals surface area contributed by atoms with Crippen molar-refractivity contribution in [2.75, 3.05) is 0 Å². The number of allylic oxidation sites excluding steroid dienone is 2. The second kappa shape index (κ2) is 16.0. The average Bonchev–Trinajstić information content (AvgIpc) is 3.61. The van der Waals surface area contributed by atoms with Gasteiger partial charge in [-0.3, -0.25) is 4.68 Å². The zero-order chi connectivity index (χ0) is 35.8. The van der Waals surface area contributed by atoms with Crippen LogP contribution in [0, 0.1) is 30.9 Å². The van der Waals surface area contributed by atoms with Gasteiger partial charge in [-0.25, -0.2) is 4.98 Å². The molecule has 0 radical (unpaired) electrons. The van der Waals surface area contributed by atoms with Crippen molar-refractivity contribution < 1.29 is 25.8 Å². The van der Waals surface area contributed by atoms with Crippen LogP contribution in [0.4, 0.5) is 0 Å². The number of aryl methyl sites for hydroxylation is 2. The number of fused-ring (bicyclic) bond motifs is 3. The summed E-state index contributed by atoms with van der Waals surface area (Å²) in [4.78, 5) is 4.82. The van der Waals surface area contributed by atoms with Gasteiger partial charge < -0.3 is 9.30 Å².